The first-order valence-corrected chi connectivity index (χ1v) is 13.0. The molecule has 2 bridgehead atoms. The van der Waals surface area contributed by atoms with Gasteiger partial charge < -0.3 is 33.5 Å². The summed E-state index contributed by atoms with van der Waals surface area (Å²) in [4.78, 5) is 43.7. The van der Waals surface area contributed by atoms with Crippen molar-refractivity contribution in [3.8, 4) is 17.2 Å². The highest BCUT2D eigenvalue weighted by atomic mass is 16.6. The molecule has 0 N–H and O–H groups in total. The molecule has 0 aliphatic carbocycles. The van der Waals surface area contributed by atoms with Crippen molar-refractivity contribution in [3.05, 3.63) is 53.1 Å². The van der Waals surface area contributed by atoms with Crippen LogP contribution in [0.2, 0.25) is 0 Å². The van der Waals surface area contributed by atoms with Crippen molar-refractivity contribution in [2.45, 2.75) is 12.5 Å². The number of amides is 3. The highest BCUT2D eigenvalue weighted by Crippen LogP contribution is 2.41. The summed E-state index contributed by atoms with van der Waals surface area (Å²) in [7, 11) is 3.18. The maximum Gasteiger partial charge on any atom is 0.410 e. The molecule has 0 radical (unpaired) electrons. The van der Waals surface area contributed by atoms with Gasteiger partial charge in [-0.3, -0.25) is 14.5 Å². The predicted molar refractivity (Wildman–Crippen MR) is 139 cm³/mol. The molecule has 0 saturated carbocycles. The van der Waals surface area contributed by atoms with E-state index in [4.69, 9.17) is 23.7 Å². The van der Waals surface area contributed by atoms with Crippen LogP contribution in [0.5, 0.6) is 17.2 Å². The minimum Gasteiger partial charge on any atom is -0.493 e. The Morgan fingerprint density at radius 2 is 1.69 bits per heavy atom. The maximum absolute atomic E-state index is 13.9. The van der Waals surface area contributed by atoms with Crippen LogP contribution in [0.4, 0.5) is 4.79 Å². The number of cyclic esters (lactones) is 1. The molecule has 1 fully saturated rings. The number of carbonyl (C=O) groups is 3. The minimum atomic E-state index is -0.526. The molecular formula is C28H33N3O8. The molecule has 1 atom stereocenters. The Bertz CT molecular complexity index is 1220. The fourth-order valence-corrected chi connectivity index (χ4v) is 5.19. The average Bonchev–Trinajstić information content (AvgIpc) is 3.35. The van der Waals surface area contributed by atoms with Gasteiger partial charge in [-0.25, -0.2) is 4.79 Å². The molecule has 4 aliphatic heterocycles. The van der Waals surface area contributed by atoms with Gasteiger partial charge in [0.05, 0.1) is 46.6 Å². The third-order valence-electron chi connectivity index (χ3n) is 7.24. The zero-order valence-corrected chi connectivity index (χ0v) is 22.2. The van der Waals surface area contributed by atoms with E-state index in [1.165, 1.54) is 9.80 Å². The molecule has 2 aromatic rings. The van der Waals surface area contributed by atoms with Crippen LogP contribution in [0.3, 0.4) is 0 Å². The van der Waals surface area contributed by atoms with E-state index < -0.39 is 12.1 Å². The fraction of sp³-hybridized carbons (Fsp3) is 0.464. The fourth-order valence-electron chi connectivity index (χ4n) is 5.19. The number of carbonyl (C=O) groups excluding carboxylic acids is 3. The maximum atomic E-state index is 13.9. The van der Waals surface area contributed by atoms with E-state index in [0.29, 0.717) is 50.0 Å². The molecule has 11 heteroatoms. The van der Waals surface area contributed by atoms with Gasteiger partial charge in [-0.2, -0.15) is 0 Å². The minimum absolute atomic E-state index is 0.140. The SMILES string of the molecule is COc1cc2c(cc1OC)C1c3ccc(cc3)OCCOCCN(C(=O)CN3CCOC3=O)CC(=O)N1CC2. The van der Waals surface area contributed by atoms with Crippen molar-refractivity contribution in [2.24, 2.45) is 0 Å². The second kappa shape index (κ2) is 11.8. The first kappa shape index (κ1) is 26.6. The average molecular weight is 540 g/mol. The molecule has 2 aromatic carbocycles. The number of rotatable bonds is 4. The molecular weight excluding hydrogens is 506 g/mol. The summed E-state index contributed by atoms with van der Waals surface area (Å²) in [6.07, 6.45) is 0.0947. The number of methoxy groups -OCH3 is 2. The molecule has 6 rings (SSSR count). The Hall–Kier alpha value is -3.99. The van der Waals surface area contributed by atoms with E-state index in [1.54, 1.807) is 19.1 Å². The van der Waals surface area contributed by atoms with Crippen LogP contribution < -0.4 is 14.2 Å². The Morgan fingerprint density at radius 3 is 2.41 bits per heavy atom. The molecule has 0 aromatic heterocycles. The number of fused-ring (bicyclic) bond motifs is 11. The normalized spacial score (nSPS) is 19.8. The van der Waals surface area contributed by atoms with Gasteiger partial charge in [0.25, 0.3) is 0 Å². The Balaban J connectivity index is 1.48. The standard InChI is InChI=1S/C28H33N3O8/c1-35-23-15-20-7-8-31-26(33)18-29(25(32)17-30-10-12-39-28(30)34)9-11-37-13-14-38-21-5-3-19(4-6-21)27(31)22(20)16-24(23)36-2/h3-6,15-16,27H,7-14,17-18H2,1-2H3. The lowest BCUT2D eigenvalue weighted by Gasteiger charge is -2.39. The lowest BCUT2D eigenvalue weighted by molar-refractivity contribution is -0.142. The molecule has 4 heterocycles. The van der Waals surface area contributed by atoms with Crippen molar-refractivity contribution in [3.63, 3.8) is 0 Å². The van der Waals surface area contributed by atoms with Crippen molar-refractivity contribution in [1.29, 1.82) is 0 Å². The summed E-state index contributed by atoms with van der Waals surface area (Å²) >= 11 is 0. The van der Waals surface area contributed by atoms with E-state index >= 15 is 0 Å². The van der Waals surface area contributed by atoms with Gasteiger partial charge >= 0.3 is 6.09 Å². The second-order valence-corrected chi connectivity index (χ2v) is 9.53. The smallest absolute Gasteiger partial charge is 0.410 e. The van der Waals surface area contributed by atoms with E-state index in [0.717, 1.165) is 16.7 Å². The summed E-state index contributed by atoms with van der Waals surface area (Å²) in [6.45, 7) is 1.87. The molecule has 0 spiro atoms. The van der Waals surface area contributed by atoms with Crippen LogP contribution in [0.15, 0.2) is 36.4 Å². The number of hydrogen-bond acceptors (Lipinski definition) is 8. The highest BCUT2D eigenvalue weighted by Gasteiger charge is 2.35. The van der Waals surface area contributed by atoms with E-state index in [-0.39, 0.29) is 44.7 Å². The second-order valence-electron chi connectivity index (χ2n) is 9.53. The van der Waals surface area contributed by atoms with Gasteiger partial charge in [0.15, 0.2) is 11.5 Å². The topological polar surface area (TPSA) is 107 Å². The molecule has 4 aliphatic rings. The van der Waals surface area contributed by atoms with Gasteiger partial charge in [0, 0.05) is 13.1 Å². The number of ether oxygens (including phenoxy) is 5. The summed E-state index contributed by atoms with van der Waals surface area (Å²) in [5, 5.41) is 0. The largest absolute Gasteiger partial charge is 0.493 e. The summed E-state index contributed by atoms with van der Waals surface area (Å²) in [5.74, 6) is 1.37. The highest BCUT2D eigenvalue weighted by molar-refractivity contribution is 5.88. The zero-order chi connectivity index (χ0) is 27.4. The number of hydrogen-bond donors (Lipinski definition) is 0. The van der Waals surface area contributed by atoms with Crippen LogP contribution in [0.1, 0.15) is 22.7 Å². The van der Waals surface area contributed by atoms with E-state index in [9.17, 15) is 14.4 Å². The van der Waals surface area contributed by atoms with Crippen molar-refractivity contribution < 1.29 is 38.1 Å². The third kappa shape index (κ3) is 5.73. The quantitative estimate of drug-likeness (QED) is 0.542. The van der Waals surface area contributed by atoms with Gasteiger partial charge in [0.1, 0.15) is 25.5 Å². The predicted octanol–water partition coefficient (Wildman–Crippen LogP) is 1.87. The zero-order valence-electron chi connectivity index (χ0n) is 22.2. The monoisotopic (exact) mass is 539 g/mol. The Labute approximate surface area is 227 Å². The first-order chi connectivity index (χ1) is 19.0. The van der Waals surface area contributed by atoms with Crippen LogP contribution >= 0.6 is 0 Å². The summed E-state index contributed by atoms with van der Waals surface area (Å²) < 4.78 is 27.6. The Morgan fingerprint density at radius 1 is 0.923 bits per heavy atom. The lowest BCUT2D eigenvalue weighted by Crippen LogP contribution is -2.49. The molecule has 39 heavy (non-hydrogen) atoms. The third-order valence-corrected chi connectivity index (χ3v) is 7.24. The molecule has 1 saturated heterocycles. The molecule has 208 valence electrons. The van der Waals surface area contributed by atoms with Gasteiger partial charge in [0.2, 0.25) is 11.8 Å². The molecule has 11 nitrogen and oxygen atoms in total. The van der Waals surface area contributed by atoms with Crippen molar-refractivity contribution >= 4 is 17.9 Å². The van der Waals surface area contributed by atoms with Crippen molar-refractivity contribution in [1.82, 2.24) is 14.7 Å². The molecule has 3 amide bonds. The van der Waals surface area contributed by atoms with Crippen LogP contribution in [-0.4, -0.2) is 106 Å². The number of benzene rings is 2. The van der Waals surface area contributed by atoms with E-state index in [2.05, 4.69) is 0 Å². The van der Waals surface area contributed by atoms with E-state index in [1.807, 2.05) is 36.4 Å². The summed E-state index contributed by atoms with van der Waals surface area (Å²) in [5.41, 5.74) is 2.91. The Kier molecular flexibility index (Phi) is 8.06. The van der Waals surface area contributed by atoms with Crippen LogP contribution in [-0.2, 0) is 25.5 Å². The summed E-state index contributed by atoms with van der Waals surface area (Å²) in [6, 6.07) is 11.2. The van der Waals surface area contributed by atoms with Crippen molar-refractivity contribution in [2.75, 3.05) is 73.4 Å². The molecule has 1 unspecified atom stereocenters. The first-order valence-electron chi connectivity index (χ1n) is 13.0. The van der Waals surface area contributed by atoms with Crippen LogP contribution in [0.25, 0.3) is 0 Å². The van der Waals surface area contributed by atoms with Gasteiger partial charge in [-0.15, -0.1) is 0 Å². The number of nitrogens with zero attached hydrogens (tertiary/aromatic N) is 3. The lowest BCUT2D eigenvalue weighted by atomic mass is 9.87. The van der Waals surface area contributed by atoms with Gasteiger partial charge in [-0.05, 0) is 47.4 Å². The van der Waals surface area contributed by atoms with Crippen LogP contribution in [0, 0.1) is 0 Å². The van der Waals surface area contributed by atoms with Gasteiger partial charge in [-0.1, -0.05) is 12.1 Å².